The van der Waals surface area contributed by atoms with Gasteiger partial charge in [0.05, 0.1) is 78.4 Å². The Bertz CT molecular complexity index is 2340. The zero-order chi connectivity index (χ0) is 56.1. The number of hydrogen-bond donors (Lipinski definition) is 2. The summed E-state index contributed by atoms with van der Waals surface area (Å²) in [6, 6.07) is 3.85. The van der Waals surface area contributed by atoms with E-state index in [-0.39, 0.29) is 43.8 Å². The topological polar surface area (TPSA) is 208 Å². The van der Waals surface area contributed by atoms with Crippen LogP contribution in [0, 0.1) is 23.7 Å². The Morgan fingerprint density at radius 3 is 2.26 bits per heavy atom. The number of rotatable bonds is 15. The Balaban J connectivity index is 1.18. The molecule has 1 unspecified atom stereocenters. The molecule has 3 amide bonds. The fourth-order valence-electron chi connectivity index (χ4n) is 12.5. The van der Waals surface area contributed by atoms with Gasteiger partial charge in [0.1, 0.15) is 18.0 Å². The number of methoxy groups -OCH3 is 2. The van der Waals surface area contributed by atoms with Crippen LogP contribution in [-0.2, 0) is 44.6 Å². The van der Waals surface area contributed by atoms with Crippen LogP contribution >= 0.6 is 23.2 Å². The summed E-state index contributed by atoms with van der Waals surface area (Å²) in [4.78, 5) is 68.9. The molecule has 1 saturated carbocycles. The molecule has 0 spiro atoms. The lowest BCUT2D eigenvalue weighted by atomic mass is 9.73. The average molecular weight is 1120 g/mol. The maximum absolute atomic E-state index is 15.2. The lowest BCUT2D eigenvalue weighted by Gasteiger charge is -2.48. The molecule has 430 valence electrons. The van der Waals surface area contributed by atoms with Crippen molar-refractivity contribution >= 4 is 52.8 Å². The van der Waals surface area contributed by atoms with E-state index in [9.17, 15) is 24.6 Å². The number of cyclic esters (lactones) is 1. The number of nitrogens with zero attached hydrogens (tertiary/aromatic N) is 5. The van der Waals surface area contributed by atoms with Gasteiger partial charge in [0.15, 0.2) is 23.4 Å². The van der Waals surface area contributed by atoms with E-state index in [0.29, 0.717) is 72.8 Å². The molecular formula is C56H83Cl2N5O14. The van der Waals surface area contributed by atoms with Crippen LogP contribution in [0.3, 0.4) is 0 Å². The van der Waals surface area contributed by atoms with Crippen molar-refractivity contribution in [2.24, 2.45) is 23.7 Å². The number of carbonyl (C=O) groups excluding carboxylic acids is 4. The molecule has 1 aromatic heterocycles. The lowest BCUT2D eigenvalue weighted by Crippen LogP contribution is -2.62. The highest BCUT2D eigenvalue weighted by Crippen LogP contribution is 2.44. The number of morpholine rings is 1. The number of halogens is 2. The number of aromatic nitrogens is 1. The minimum Gasteiger partial charge on any atom is -0.493 e. The van der Waals surface area contributed by atoms with E-state index >= 15 is 4.79 Å². The van der Waals surface area contributed by atoms with E-state index in [1.54, 1.807) is 77.9 Å². The molecule has 77 heavy (non-hydrogen) atoms. The van der Waals surface area contributed by atoms with Gasteiger partial charge >= 0.3 is 18.1 Å². The van der Waals surface area contributed by atoms with E-state index < -0.39 is 95.8 Å². The third kappa shape index (κ3) is 13.2. The van der Waals surface area contributed by atoms with E-state index in [1.165, 1.54) is 12.0 Å². The lowest BCUT2D eigenvalue weighted by molar-refractivity contribution is -0.300. The highest BCUT2D eigenvalue weighted by Gasteiger charge is 2.60. The summed E-state index contributed by atoms with van der Waals surface area (Å²) in [7, 11) is 4.73. The Labute approximate surface area is 464 Å². The van der Waals surface area contributed by atoms with Crippen molar-refractivity contribution in [3.8, 4) is 11.5 Å². The zero-order valence-electron chi connectivity index (χ0n) is 46.8. The SMILES string of the molecule is CC[C@H]1OC(=O)[C@H](C)[C@@H](O)[C@H](C)[C@@H](O[C@@H]2OC(C)C[C@H](N(C)C(=O)N3CCOCC3)[C@H]2O)[C@](C)(OC)C[C@@H](C)C(=O)[C@H](C)[C@H]2N(CCCN(Cc3c(Cl)cncc3Cl)c3ccc(OC)c(OC4CCCC4)c3)C(=O)O[C@]12C. The van der Waals surface area contributed by atoms with E-state index in [1.807, 2.05) is 32.0 Å². The summed E-state index contributed by atoms with van der Waals surface area (Å²) in [5, 5.41) is 25.0. The van der Waals surface area contributed by atoms with Crippen LogP contribution in [0.2, 0.25) is 10.0 Å². The van der Waals surface area contributed by atoms with Crippen molar-refractivity contribution in [3.63, 3.8) is 0 Å². The molecule has 5 aliphatic rings. The number of pyridine rings is 1. The van der Waals surface area contributed by atoms with Crippen LogP contribution in [0.1, 0.15) is 112 Å². The second-order valence-corrected chi connectivity index (χ2v) is 23.2. The number of fused-ring (bicyclic) bond motifs is 1. The fraction of sp³-hybridized carbons (Fsp3) is 0.732. The molecule has 21 heteroatoms. The third-order valence-corrected chi connectivity index (χ3v) is 17.7. The van der Waals surface area contributed by atoms with Crippen molar-refractivity contribution in [2.45, 2.75) is 180 Å². The quantitative estimate of drug-likeness (QED) is 0.162. The first-order valence-electron chi connectivity index (χ1n) is 27.5. The van der Waals surface area contributed by atoms with Crippen molar-refractivity contribution in [1.82, 2.24) is 19.7 Å². The molecule has 4 saturated heterocycles. The molecular weight excluding hydrogens is 1040 g/mol. The summed E-state index contributed by atoms with van der Waals surface area (Å²) in [6.45, 7) is 16.4. The van der Waals surface area contributed by atoms with Crippen molar-refractivity contribution in [1.29, 1.82) is 0 Å². The zero-order valence-corrected chi connectivity index (χ0v) is 48.3. The number of aliphatic hydroxyl groups excluding tert-OH is 2. The predicted octanol–water partition coefficient (Wildman–Crippen LogP) is 7.93. The van der Waals surface area contributed by atoms with Crippen LogP contribution < -0.4 is 14.4 Å². The molecule has 1 aromatic carbocycles. The molecule has 2 N–H and O–H groups in total. The molecule has 5 heterocycles. The predicted molar refractivity (Wildman–Crippen MR) is 288 cm³/mol. The highest BCUT2D eigenvalue weighted by molar-refractivity contribution is 6.35. The number of ether oxygens (including phenoxy) is 8. The Morgan fingerprint density at radius 1 is 0.948 bits per heavy atom. The summed E-state index contributed by atoms with van der Waals surface area (Å²) >= 11 is 13.4. The fourth-order valence-corrected chi connectivity index (χ4v) is 13.0. The Kier molecular flexibility index (Phi) is 20.3. The molecule has 0 bridgehead atoms. The second kappa shape index (κ2) is 25.9. The van der Waals surface area contributed by atoms with Gasteiger partial charge in [-0.15, -0.1) is 0 Å². The number of urea groups is 1. The van der Waals surface area contributed by atoms with E-state index in [4.69, 9.17) is 61.1 Å². The standard InChI is InChI=1S/C56H83Cl2N5O14/c1-12-45-56(8)49(63(54(69)77-56)21-15-20-62(31-39-40(57)29-59-30-41(39)58)37-18-19-43(70-10)44(27-37)74-38-16-13-14-17-38)34(4)46(64)32(2)28-55(7,71-11)50(35(5)47(65)36(6)51(67)75-45)76-52-48(66)42(26-33(3)73-52)60(9)53(68)61-22-24-72-25-23-61/h18-19,27,29-30,32-36,38,42,45,47-50,52,65-66H,12-17,20-26,28,31H2,1-11H3/t32-,33?,34+,35+,36-,42+,45-,47+,48-,49-,50-,52+,55-,56-/m1/s1. The van der Waals surface area contributed by atoms with Crippen LogP contribution in [0.5, 0.6) is 11.5 Å². The van der Waals surface area contributed by atoms with Crippen molar-refractivity contribution in [2.75, 3.05) is 65.6 Å². The van der Waals surface area contributed by atoms with Gasteiger partial charge < -0.3 is 67.7 Å². The molecule has 14 atom stereocenters. The summed E-state index contributed by atoms with van der Waals surface area (Å²) < 4.78 is 49.8. The highest BCUT2D eigenvalue weighted by atomic mass is 35.5. The van der Waals surface area contributed by atoms with Crippen LogP contribution in [0.4, 0.5) is 15.3 Å². The average Bonchev–Trinajstić information content (AvgIpc) is 4.07. The van der Waals surface area contributed by atoms with Gasteiger partial charge in [-0.1, -0.05) is 50.9 Å². The van der Waals surface area contributed by atoms with Gasteiger partial charge in [0, 0.05) is 94.3 Å². The van der Waals surface area contributed by atoms with Gasteiger partial charge in [-0.2, -0.15) is 0 Å². The summed E-state index contributed by atoms with van der Waals surface area (Å²) in [5.74, 6) is -3.40. The van der Waals surface area contributed by atoms with Crippen LogP contribution in [-0.4, -0.2) is 181 Å². The number of ketones is 1. The summed E-state index contributed by atoms with van der Waals surface area (Å²) in [6.07, 6.45) is 0.882. The molecule has 19 nitrogen and oxygen atoms in total. The minimum atomic E-state index is -1.51. The molecule has 5 fully saturated rings. The maximum Gasteiger partial charge on any atom is 0.410 e. The number of carbonyl (C=O) groups is 4. The monoisotopic (exact) mass is 1120 g/mol. The molecule has 0 radical (unpaired) electrons. The molecule has 7 rings (SSSR count). The first-order valence-corrected chi connectivity index (χ1v) is 28.3. The van der Waals surface area contributed by atoms with Crippen LogP contribution in [0.25, 0.3) is 0 Å². The van der Waals surface area contributed by atoms with Crippen molar-refractivity contribution in [3.05, 3.63) is 46.2 Å². The smallest absolute Gasteiger partial charge is 0.410 e. The molecule has 2 aromatic rings. The first kappa shape index (κ1) is 60.4. The minimum absolute atomic E-state index is 0.0588. The Morgan fingerprint density at radius 2 is 1.62 bits per heavy atom. The summed E-state index contributed by atoms with van der Waals surface area (Å²) in [5.41, 5.74) is -1.41. The van der Waals surface area contributed by atoms with Gasteiger partial charge in [-0.3, -0.25) is 14.6 Å². The van der Waals surface area contributed by atoms with Crippen molar-refractivity contribution < 1.29 is 67.3 Å². The van der Waals surface area contributed by atoms with Gasteiger partial charge in [0.25, 0.3) is 0 Å². The van der Waals surface area contributed by atoms with Gasteiger partial charge in [-0.05, 0) is 91.2 Å². The normalized spacial score (nSPS) is 33.7. The number of aliphatic hydroxyl groups is 2. The second-order valence-electron chi connectivity index (χ2n) is 22.3. The molecule has 4 aliphatic heterocycles. The van der Waals surface area contributed by atoms with Crippen LogP contribution in [0.15, 0.2) is 30.6 Å². The van der Waals surface area contributed by atoms with E-state index in [2.05, 4.69) is 9.88 Å². The van der Waals surface area contributed by atoms with Gasteiger partial charge in [-0.25, -0.2) is 9.59 Å². The third-order valence-electron chi connectivity index (χ3n) is 17.0. The van der Waals surface area contributed by atoms with Gasteiger partial charge in [0.2, 0.25) is 0 Å². The maximum atomic E-state index is 15.2. The number of benzene rings is 1. The number of hydrogen-bond acceptors (Lipinski definition) is 16. The number of Topliss-reactive ketones (excluding diaryl/α,β-unsaturated/α-hetero) is 1. The number of amides is 3. The largest absolute Gasteiger partial charge is 0.493 e. The number of likely N-dealkylation sites (N-methyl/N-ethyl adjacent to an activating group) is 1. The first-order chi connectivity index (χ1) is 36.6. The molecule has 1 aliphatic carbocycles. The Hall–Kier alpha value is -4.21. The number of esters is 1. The van der Waals surface area contributed by atoms with E-state index in [0.717, 1.165) is 31.4 Å². The number of anilines is 1.